The molecular weight excluding hydrogens is 252 g/mol. The summed E-state index contributed by atoms with van der Waals surface area (Å²) in [6.45, 7) is 0. The van der Waals surface area contributed by atoms with Crippen LogP contribution in [-0.4, -0.2) is 15.9 Å². The molecule has 0 saturated heterocycles. The van der Waals surface area contributed by atoms with Crippen molar-refractivity contribution in [2.24, 2.45) is 0 Å². The molecule has 0 saturated carbocycles. The first-order valence-electron chi connectivity index (χ1n) is 4.98. The number of carbonyl (C=O) groups is 1. The summed E-state index contributed by atoms with van der Waals surface area (Å²) in [7, 11) is 0. The monoisotopic (exact) mass is 258 g/mol. The zero-order valence-electron chi connectivity index (χ0n) is 9.09. The number of aromatic nitrogens is 2. The highest BCUT2D eigenvalue weighted by molar-refractivity contribution is 6.29. The fourth-order valence-electron chi connectivity index (χ4n) is 1.29. The third-order valence-corrected chi connectivity index (χ3v) is 2.30. The Hall–Kier alpha value is -2.45. The van der Waals surface area contributed by atoms with Crippen molar-refractivity contribution in [2.45, 2.75) is 0 Å². The summed E-state index contributed by atoms with van der Waals surface area (Å²) in [6, 6.07) is 8.58. The van der Waals surface area contributed by atoms with Crippen LogP contribution in [0.4, 0.5) is 5.69 Å². The van der Waals surface area contributed by atoms with Crippen LogP contribution in [0, 0.1) is 11.3 Å². The maximum Gasteiger partial charge on any atom is 0.275 e. The maximum atomic E-state index is 11.8. The lowest BCUT2D eigenvalue weighted by Gasteiger charge is -2.04. The fraction of sp³-hybridized carbons (Fsp3) is 0. The minimum atomic E-state index is -0.408. The van der Waals surface area contributed by atoms with Crippen molar-refractivity contribution in [2.75, 3.05) is 5.32 Å². The van der Waals surface area contributed by atoms with Gasteiger partial charge >= 0.3 is 0 Å². The van der Waals surface area contributed by atoms with Crippen LogP contribution in [0.15, 0.2) is 36.7 Å². The second kappa shape index (κ2) is 5.25. The van der Waals surface area contributed by atoms with Crippen molar-refractivity contribution in [1.29, 1.82) is 5.26 Å². The molecule has 0 atom stereocenters. The first-order valence-corrected chi connectivity index (χ1v) is 5.36. The Morgan fingerprint density at radius 2 is 2.17 bits per heavy atom. The van der Waals surface area contributed by atoms with Gasteiger partial charge in [-0.25, -0.2) is 9.97 Å². The van der Waals surface area contributed by atoms with Gasteiger partial charge in [0.2, 0.25) is 0 Å². The van der Waals surface area contributed by atoms with Crippen LogP contribution in [0.25, 0.3) is 0 Å². The summed E-state index contributed by atoms with van der Waals surface area (Å²) < 4.78 is 0. The normalized spacial score (nSPS) is 9.56. The molecule has 0 aliphatic heterocycles. The lowest BCUT2D eigenvalue weighted by molar-refractivity contribution is 0.102. The second-order valence-electron chi connectivity index (χ2n) is 3.37. The van der Waals surface area contributed by atoms with Crippen LogP contribution >= 0.6 is 11.6 Å². The van der Waals surface area contributed by atoms with E-state index in [1.165, 1.54) is 12.4 Å². The van der Waals surface area contributed by atoms with E-state index in [0.29, 0.717) is 11.3 Å². The zero-order valence-corrected chi connectivity index (χ0v) is 9.85. The minimum Gasteiger partial charge on any atom is -0.321 e. The van der Waals surface area contributed by atoms with Crippen LogP contribution in [0.3, 0.4) is 0 Å². The third-order valence-electron chi connectivity index (χ3n) is 2.10. The molecular formula is C12H7ClN4O. The van der Waals surface area contributed by atoms with E-state index in [1.54, 1.807) is 24.3 Å². The zero-order chi connectivity index (χ0) is 13.0. The van der Waals surface area contributed by atoms with E-state index >= 15 is 0 Å². The van der Waals surface area contributed by atoms with E-state index in [0.717, 1.165) is 0 Å². The number of rotatable bonds is 2. The lowest BCUT2D eigenvalue weighted by atomic mass is 10.2. The Labute approximate surface area is 108 Å². The number of amides is 1. The number of hydrogen-bond donors (Lipinski definition) is 1. The molecule has 0 bridgehead atoms. The van der Waals surface area contributed by atoms with E-state index in [1.807, 2.05) is 6.07 Å². The lowest BCUT2D eigenvalue weighted by Crippen LogP contribution is -2.13. The second-order valence-corrected chi connectivity index (χ2v) is 3.76. The van der Waals surface area contributed by atoms with E-state index in [2.05, 4.69) is 15.3 Å². The van der Waals surface area contributed by atoms with Gasteiger partial charge in [0.05, 0.1) is 24.0 Å². The number of carbonyl (C=O) groups excluding carboxylic acids is 1. The van der Waals surface area contributed by atoms with Crippen molar-refractivity contribution in [3.8, 4) is 6.07 Å². The van der Waals surface area contributed by atoms with Gasteiger partial charge in [-0.3, -0.25) is 4.79 Å². The molecule has 5 nitrogen and oxygen atoms in total. The van der Waals surface area contributed by atoms with Crippen LogP contribution in [0.1, 0.15) is 16.1 Å². The Balaban J connectivity index is 2.16. The summed E-state index contributed by atoms with van der Waals surface area (Å²) in [5.41, 5.74) is 1.15. The van der Waals surface area contributed by atoms with Crippen molar-refractivity contribution >= 4 is 23.2 Å². The summed E-state index contributed by atoms with van der Waals surface area (Å²) in [5, 5.41) is 11.6. The van der Waals surface area contributed by atoms with Crippen molar-refractivity contribution in [3.05, 3.63) is 53.1 Å². The number of benzene rings is 1. The van der Waals surface area contributed by atoms with Crippen molar-refractivity contribution in [1.82, 2.24) is 9.97 Å². The van der Waals surface area contributed by atoms with E-state index in [-0.39, 0.29) is 10.8 Å². The van der Waals surface area contributed by atoms with E-state index in [4.69, 9.17) is 16.9 Å². The molecule has 0 unspecified atom stereocenters. The highest BCUT2D eigenvalue weighted by atomic mass is 35.5. The van der Waals surface area contributed by atoms with Gasteiger partial charge in [-0.05, 0) is 18.2 Å². The highest BCUT2D eigenvalue weighted by Gasteiger charge is 2.08. The number of nitrogens with one attached hydrogen (secondary N) is 1. The smallest absolute Gasteiger partial charge is 0.275 e. The predicted octanol–water partition coefficient (Wildman–Crippen LogP) is 2.25. The molecule has 6 heteroatoms. The van der Waals surface area contributed by atoms with Gasteiger partial charge in [0.25, 0.3) is 5.91 Å². The molecule has 1 aromatic heterocycles. The molecule has 88 valence electrons. The molecule has 1 N–H and O–H groups in total. The van der Waals surface area contributed by atoms with Gasteiger partial charge < -0.3 is 5.32 Å². The van der Waals surface area contributed by atoms with Crippen LogP contribution in [0.5, 0.6) is 0 Å². The quantitative estimate of drug-likeness (QED) is 0.896. The first-order chi connectivity index (χ1) is 8.69. The highest BCUT2D eigenvalue weighted by Crippen LogP contribution is 2.11. The van der Waals surface area contributed by atoms with Gasteiger partial charge in [-0.2, -0.15) is 5.26 Å². The molecule has 0 fully saturated rings. The molecule has 1 aromatic carbocycles. The number of nitrogens with zero attached hydrogens (tertiary/aromatic N) is 3. The molecule has 0 radical (unpaired) electrons. The Bertz CT molecular complexity index is 619. The Morgan fingerprint density at radius 3 is 2.83 bits per heavy atom. The Kier molecular flexibility index (Phi) is 3.51. The molecule has 0 aliphatic rings. The first kappa shape index (κ1) is 12.0. The van der Waals surface area contributed by atoms with Gasteiger partial charge in [-0.15, -0.1) is 0 Å². The minimum absolute atomic E-state index is 0.154. The number of hydrogen-bond acceptors (Lipinski definition) is 4. The fourth-order valence-corrected chi connectivity index (χ4v) is 1.39. The molecule has 0 spiro atoms. The molecule has 1 heterocycles. The maximum absolute atomic E-state index is 11.8. The summed E-state index contributed by atoms with van der Waals surface area (Å²) >= 11 is 5.57. The molecule has 2 rings (SSSR count). The van der Waals surface area contributed by atoms with E-state index < -0.39 is 5.91 Å². The summed E-state index contributed by atoms with van der Waals surface area (Å²) in [6.07, 6.45) is 2.58. The standard InChI is InChI=1S/C12H7ClN4O/c13-11-7-15-10(6-16-11)12(18)17-9-3-1-2-8(4-9)5-14/h1-4,6-7H,(H,17,18). The molecule has 0 aliphatic carbocycles. The van der Waals surface area contributed by atoms with Gasteiger partial charge in [0.15, 0.2) is 0 Å². The average molecular weight is 259 g/mol. The molecule has 18 heavy (non-hydrogen) atoms. The van der Waals surface area contributed by atoms with Crippen LogP contribution in [0.2, 0.25) is 5.15 Å². The van der Waals surface area contributed by atoms with Gasteiger partial charge in [-0.1, -0.05) is 17.7 Å². The molecule has 1 amide bonds. The molecule has 2 aromatic rings. The van der Waals surface area contributed by atoms with Gasteiger partial charge in [0, 0.05) is 5.69 Å². The van der Waals surface area contributed by atoms with Gasteiger partial charge in [0.1, 0.15) is 10.8 Å². The predicted molar refractivity (Wildman–Crippen MR) is 66.2 cm³/mol. The average Bonchev–Trinajstić information content (AvgIpc) is 2.39. The van der Waals surface area contributed by atoms with Crippen molar-refractivity contribution < 1.29 is 4.79 Å². The summed E-state index contributed by atoms with van der Waals surface area (Å²) in [4.78, 5) is 19.4. The number of nitriles is 1. The third kappa shape index (κ3) is 2.81. The number of halogens is 1. The SMILES string of the molecule is N#Cc1cccc(NC(=O)c2cnc(Cl)cn2)c1. The van der Waals surface area contributed by atoms with E-state index in [9.17, 15) is 4.79 Å². The Morgan fingerprint density at radius 1 is 1.33 bits per heavy atom. The van der Waals surface area contributed by atoms with Crippen LogP contribution in [-0.2, 0) is 0 Å². The van der Waals surface area contributed by atoms with Crippen LogP contribution < -0.4 is 5.32 Å². The number of anilines is 1. The summed E-state index contributed by atoms with van der Waals surface area (Å²) in [5.74, 6) is -0.408. The van der Waals surface area contributed by atoms with Crippen molar-refractivity contribution in [3.63, 3.8) is 0 Å². The largest absolute Gasteiger partial charge is 0.321 e. The topological polar surface area (TPSA) is 78.7 Å².